The SMILES string of the molecule is CC1CC(OC(c2ccc(F)cc2)C(C)N)CC(C)O1. The van der Waals surface area contributed by atoms with E-state index in [1.54, 1.807) is 12.1 Å². The summed E-state index contributed by atoms with van der Waals surface area (Å²) in [4.78, 5) is 0. The fraction of sp³-hybridized carbons (Fsp3) is 0.625. The number of nitrogens with two attached hydrogens (primary N) is 1. The van der Waals surface area contributed by atoms with Gasteiger partial charge in [-0.1, -0.05) is 12.1 Å². The van der Waals surface area contributed by atoms with E-state index in [4.69, 9.17) is 15.2 Å². The highest BCUT2D eigenvalue weighted by molar-refractivity contribution is 5.20. The molecule has 1 aliphatic rings. The fourth-order valence-electron chi connectivity index (χ4n) is 2.82. The zero-order valence-corrected chi connectivity index (χ0v) is 12.4. The second-order valence-corrected chi connectivity index (χ2v) is 5.82. The van der Waals surface area contributed by atoms with Gasteiger partial charge in [0, 0.05) is 6.04 Å². The van der Waals surface area contributed by atoms with Gasteiger partial charge < -0.3 is 15.2 Å². The maximum absolute atomic E-state index is 13.0. The van der Waals surface area contributed by atoms with E-state index in [2.05, 4.69) is 13.8 Å². The first kappa shape index (κ1) is 15.4. The van der Waals surface area contributed by atoms with Gasteiger partial charge >= 0.3 is 0 Å². The van der Waals surface area contributed by atoms with Gasteiger partial charge in [-0.3, -0.25) is 0 Å². The fourth-order valence-corrected chi connectivity index (χ4v) is 2.82. The summed E-state index contributed by atoms with van der Waals surface area (Å²) in [6.07, 6.45) is 2.06. The van der Waals surface area contributed by atoms with Crippen molar-refractivity contribution in [1.82, 2.24) is 0 Å². The average molecular weight is 281 g/mol. The zero-order valence-electron chi connectivity index (χ0n) is 12.4. The van der Waals surface area contributed by atoms with E-state index in [1.165, 1.54) is 12.1 Å². The number of benzene rings is 1. The van der Waals surface area contributed by atoms with E-state index < -0.39 is 0 Å². The smallest absolute Gasteiger partial charge is 0.123 e. The molecule has 2 N–H and O–H groups in total. The molecule has 2 rings (SSSR count). The van der Waals surface area contributed by atoms with E-state index >= 15 is 0 Å². The van der Waals surface area contributed by atoms with Gasteiger partial charge in [0.2, 0.25) is 0 Å². The first-order valence-corrected chi connectivity index (χ1v) is 7.27. The van der Waals surface area contributed by atoms with Crippen LogP contribution in [-0.4, -0.2) is 24.4 Å². The molecular weight excluding hydrogens is 257 g/mol. The van der Waals surface area contributed by atoms with Crippen LogP contribution in [0.1, 0.15) is 45.3 Å². The van der Waals surface area contributed by atoms with Crippen LogP contribution in [0, 0.1) is 5.82 Å². The third kappa shape index (κ3) is 4.01. The number of hydrogen-bond donors (Lipinski definition) is 1. The van der Waals surface area contributed by atoms with Gasteiger partial charge in [0.05, 0.1) is 24.4 Å². The van der Waals surface area contributed by atoms with E-state index in [9.17, 15) is 4.39 Å². The van der Waals surface area contributed by atoms with Crippen molar-refractivity contribution in [3.8, 4) is 0 Å². The summed E-state index contributed by atoms with van der Waals surface area (Å²) in [6.45, 7) is 6.04. The quantitative estimate of drug-likeness (QED) is 0.922. The van der Waals surface area contributed by atoms with Crippen molar-refractivity contribution in [1.29, 1.82) is 0 Å². The highest BCUT2D eigenvalue weighted by atomic mass is 19.1. The van der Waals surface area contributed by atoms with Crippen molar-refractivity contribution in [3.05, 3.63) is 35.6 Å². The van der Waals surface area contributed by atoms with E-state index in [-0.39, 0.29) is 36.3 Å². The molecule has 3 nitrogen and oxygen atoms in total. The Kier molecular flexibility index (Phi) is 5.13. The van der Waals surface area contributed by atoms with Gasteiger partial charge in [-0.15, -0.1) is 0 Å². The first-order valence-electron chi connectivity index (χ1n) is 7.27. The molecule has 0 aromatic heterocycles. The summed E-state index contributed by atoms with van der Waals surface area (Å²) in [6, 6.07) is 6.24. The molecule has 1 fully saturated rings. The van der Waals surface area contributed by atoms with Gasteiger partial charge in [-0.25, -0.2) is 4.39 Å². The highest BCUT2D eigenvalue weighted by Gasteiger charge is 2.29. The standard InChI is InChI=1S/C16H24FNO2/c1-10-8-15(9-11(2)19-10)20-16(12(3)18)13-4-6-14(17)7-5-13/h4-7,10-12,15-16H,8-9,18H2,1-3H3. The summed E-state index contributed by atoms with van der Waals surface area (Å²) in [5.74, 6) is -0.245. The molecule has 0 saturated carbocycles. The molecule has 1 aliphatic heterocycles. The third-order valence-electron chi connectivity index (χ3n) is 3.67. The molecule has 112 valence electrons. The molecule has 4 atom stereocenters. The second kappa shape index (κ2) is 6.66. The van der Waals surface area contributed by atoms with E-state index in [0.29, 0.717) is 0 Å². The lowest BCUT2D eigenvalue weighted by atomic mass is 9.99. The molecule has 1 aromatic carbocycles. The van der Waals surface area contributed by atoms with Crippen LogP contribution in [0.25, 0.3) is 0 Å². The Morgan fingerprint density at radius 2 is 1.75 bits per heavy atom. The maximum atomic E-state index is 13.0. The highest BCUT2D eigenvalue weighted by Crippen LogP contribution is 2.29. The maximum Gasteiger partial charge on any atom is 0.123 e. The molecular formula is C16H24FNO2. The van der Waals surface area contributed by atoms with Crippen molar-refractivity contribution in [2.24, 2.45) is 5.73 Å². The lowest BCUT2D eigenvalue weighted by Gasteiger charge is -2.35. The van der Waals surface area contributed by atoms with Crippen LogP contribution in [0.3, 0.4) is 0 Å². The molecule has 0 amide bonds. The van der Waals surface area contributed by atoms with Gasteiger partial charge in [0.1, 0.15) is 5.82 Å². The third-order valence-corrected chi connectivity index (χ3v) is 3.67. The van der Waals surface area contributed by atoms with Crippen molar-refractivity contribution in [3.63, 3.8) is 0 Å². The molecule has 4 heteroatoms. The van der Waals surface area contributed by atoms with Crippen LogP contribution in [0.5, 0.6) is 0 Å². The van der Waals surface area contributed by atoms with Crippen LogP contribution in [-0.2, 0) is 9.47 Å². The Hall–Kier alpha value is -0.970. The second-order valence-electron chi connectivity index (χ2n) is 5.82. The molecule has 0 spiro atoms. The van der Waals surface area contributed by atoms with Gasteiger partial charge in [-0.05, 0) is 51.3 Å². The Balaban J connectivity index is 2.07. The topological polar surface area (TPSA) is 44.5 Å². The van der Waals surface area contributed by atoms with Crippen LogP contribution in [0.15, 0.2) is 24.3 Å². The summed E-state index contributed by atoms with van der Waals surface area (Å²) in [7, 11) is 0. The summed E-state index contributed by atoms with van der Waals surface area (Å²) in [5.41, 5.74) is 6.97. The largest absolute Gasteiger partial charge is 0.375 e. The van der Waals surface area contributed by atoms with E-state index in [0.717, 1.165) is 18.4 Å². The minimum absolute atomic E-state index is 0.134. The van der Waals surface area contributed by atoms with Crippen molar-refractivity contribution in [2.75, 3.05) is 0 Å². The molecule has 0 aliphatic carbocycles. The number of rotatable bonds is 4. The minimum atomic E-state index is -0.245. The average Bonchev–Trinajstić information content (AvgIpc) is 2.36. The predicted molar refractivity (Wildman–Crippen MR) is 76.9 cm³/mol. The van der Waals surface area contributed by atoms with Crippen LogP contribution in [0.4, 0.5) is 4.39 Å². The lowest BCUT2D eigenvalue weighted by Crippen LogP contribution is -2.37. The lowest BCUT2D eigenvalue weighted by molar-refractivity contribution is -0.126. The molecule has 1 saturated heterocycles. The van der Waals surface area contributed by atoms with Crippen LogP contribution in [0.2, 0.25) is 0 Å². The van der Waals surface area contributed by atoms with Crippen LogP contribution < -0.4 is 5.73 Å². The van der Waals surface area contributed by atoms with E-state index in [1.807, 2.05) is 6.92 Å². The van der Waals surface area contributed by atoms with Crippen LogP contribution >= 0.6 is 0 Å². The monoisotopic (exact) mass is 281 g/mol. The summed E-state index contributed by atoms with van der Waals surface area (Å²) in [5, 5.41) is 0. The van der Waals surface area contributed by atoms with Crippen molar-refractivity contribution < 1.29 is 13.9 Å². The molecule has 0 radical (unpaired) electrons. The number of halogens is 1. The minimum Gasteiger partial charge on any atom is -0.375 e. The Bertz CT molecular complexity index is 411. The molecule has 4 unspecified atom stereocenters. The predicted octanol–water partition coefficient (Wildman–Crippen LogP) is 3.19. The normalized spacial score (nSPS) is 29.9. The van der Waals surface area contributed by atoms with Crippen molar-refractivity contribution >= 4 is 0 Å². The molecule has 20 heavy (non-hydrogen) atoms. The Morgan fingerprint density at radius 1 is 1.20 bits per heavy atom. The number of hydrogen-bond acceptors (Lipinski definition) is 3. The van der Waals surface area contributed by atoms with Gasteiger partial charge in [0.25, 0.3) is 0 Å². The molecule has 0 bridgehead atoms. The molecule has 1 aromatic rings. The Labute approximate surface area is 120 Å². The van der Waals surface area contributed by atoms with Crippen molar-refractivity contribution in [2.45, 2.75) is 64.1 Å². The number of ether oxygens (including phenoxy) is 2. The van der Waals surface area contributed by atoms with Gasteiger partial charge in [0.15, 0.2) is 0 Å². The summed E-state index contributed by atoms with van der Waals surface area (Å²) < 4.78 is 24.9. The zero-order chi connectivity index (χ0) is 14.7. The summed E-state index contributed by atoms with van der Waals surface area (Å²) >= 11 is 0. The molecule has 1 heterocycles. The first-order chi connectivity index (χ1) is 9.45. The van der Waals surface area contributed by atoms with Gasteiger partial charge in [-0.2, -0.15) is 0 Å². The Morgan fingerprint density at radius 3 is 2.25 bits per heavy atom.